The number of benzene rings is 2. The highest BCUT2D eigenvalue weighted by Crippen LogP contribution is 2.46. The van der Waals surface area contributed by atoms with Crippen LogP contribution in [0.15, 0.2) is 52.0 Å². The lowest BCUT2D eigenvalue weighted by molar-refractivity contribution is -0.135. The summed E-state index contributed by atoms with van der Waals surface area (Å²) < 4.78 is 23.9. The number of aromatic nitrogens is 2. The van der Waals surface area contributed by atoms with Gasteiger partial charge in [0.15, 0.2) is 11.5 Å². The minimum absolute atomic E-state index is 0.00889. The molecule has 0 saturated heterocycles. The van der Waals surface area contributed by atoms with E-state index in [9.17, 15) is 14.7 Å². The monoisotopic (exact) mass is 476 g/mol. The van der Waals surface area contributed by atoms with E-state index in [0.29, 0.717) is 22.6 Å². The summed E-state index contributed by atoms with van der Waals surface area (Å²) in [7, 11) is 3.03. The van der Waals surface area contributed by atoms with E-state index < -0.39 is 17.3 Å². The van der Waals surface area contributed by atoms with E-state index in [4.69, 9.17) is 18.6 Å². The number of nitrogens with zero attached hydrogens (tertiary/aromatic N) is 2. The molecule has 0 aliphatic carbocycles. The van der Waals surface area contributed by atoms with Crippen molar-refractivity contribution in [3.8, 4) is 34.1 Å². The van der Waals surface area contributed by atoms with E-state index in [1.165, 1.54) is 26.5 Å². The molecule has 1 aliphatic heterocycles. The van der Waals surface area contributed by atoms with Gasteiger partial charge in [-0.15, -0.1) is 0 Å². The van der Waals surface area contributed by atoms with E-state index in [2.05, 4.69) is 5.10 Å². The fourth-order valence-corrected chi connectivity index (χ4v) is 4.62. The molecule has 0 radical (unpaired) electrons. The largest absolute Gasteiger partial charge is 0.507 e. The Morgan fingerprint density at radius 1 is 1.11 bits per heavy atom. The molecule has 0 spiro atoms. The van der Waals surface area contributed by atoms with Gasteiger partial charge in [0.05, 0.1) is 26.2 Å². The van der Waals surface area contributed by atoms with Crippen LogP contribution in [0.1, 0.15) is 43.5 Å². The molecule has 9 nitrogen and oxygen atoms in total. The average Bonchev–Trinajstić information content (AvgIpc) is 3.33. The fourth-order valence-electron chi connectivity index (χ4n) is 4.62. The molecule has 1 N–H and O–H groups in total. The predicted molar refractivity (Wildman–Crippen MR) is 127 cm³/mol. The van der Waals surface area contributed by atoms with Gasteiger partial charge in [0.1, 0.15) is 28.7 Å². The summed E-state index contributed by atoms with van der Waals surface area (Å²) in [4.78, 5) is 26.0. The van der Waals surface area contributed by atoms with Gasteiger partial charge < -0.3 is 23.7 Å². The average molecular weight is 476 g/mol. The van der Waals surface area contributed by atoms with Crippen molar-refractivity contribution >= 4 is 16.9 Å². The molecule has 35 heavy (non-hydrogen) atoms. The molecule has 1 atom stereocenters. The second-order valence-corrected chi connectivity index (χ2v) is 8.59. The minimum Gasteiger partial charge on any atom is -0.507 e. The SMILES string of the molecule is COc1ccc(-c2coc3c4c(cc(O)c3c2=O)OC(=O)CC4c2ccnn2C(C)C)cc1OC. The Labute approximate surface area is 200 Å². The van der Waals surface area contributed by atoms with E-state index >= 15 is 0 Å². The maximum absolute atomic E-state index is 13.6. The van der Waals surface area contributed by atoms with Gasteiger partial charge in [-0.1, -0.05) is 6.07 Å². The molecule has 1 unspecified atom stereocenters. The fraction of sp³-hybridized carbons (Fsp3) is 0.269. The molecule has 9 heteroatoms. The molecule has 3 heterocycles. The molecule has 5 rings (SSSR count). The number of phenols is 1. The van der Waals surface area contributed by atoms with Crippen LogP contribution in [0.4, 0.5) is 0 Å². The van der Waals surface area contributed by atoms with Crippen molar-refractivity contribution in [3.05, 3.63) is 64.3 Å². The third kappa shape index (κ3) is 3.60. The second kappa shape index (κ2) is 8.50. The molecule has 2 aromatic heterocycles. The van der Waals surface area contributed by atoms with Crippen molar-refractivity contribution < 1.29 is 28.5 Å². The Balaban J connectivity index is 1.75. The van der Waals surface area contributed by atoms with Crippen molar-refractivity contribution in [1.29, 1.82) is 0 Å². The number of ether oxygens (including phenoxy) is 3. The molecule has 0 bridgehead atoms. The predicted octanol–water partition coefficient (Wildman–Crippen LogP) is 4.40. The van der Waals surface area contributed by atoms with Gasteiger partial charge in [0.2, 0.25) is 5.43 Å². The minimum atomic E-state index is -0.464. The Morgan fingerprint density at radius 3 is 2.60 bits per heavy atom. The number of hydrogen-bond acceptors (Lipinski definition) is 8. The lowest BCUT2D eigenvalue weighted by Crippen LogP contribution is -2.24. The first kappa shape index (κ1) is 22.5. The Morgan fingerprint density at radius 2 is 1.89 bits per heavy atom. The number of esters is 1. The highest BCUT2D eigenvalue weighted by Gasteiger charge is 2.35. The summed E-state index contributed by atoms with van der Waals surface area (Å²) in [5.74, 6) is -0.107. The lowest BCUT2D eigenvalue weighted by Gasteiger charge is -2.27. The molecule has 180 valence electrons. The number of fused-ring (bicyclic) bond motifs is 3. The number of hydrogen-bond donors (Lipinski definition) is 1. The maximum atomic E-state index is 13.6. The van der Waals surface area contributed by atoms with E-state index in [1.807, 2.05) is 24.6 Å². The maximum Gasteiger partial charge on any atom is 0.312 e. The Kier molecular flexibility index (Phi) is 5.47. The third-order valence-corrected chi connectivity index (χ3v) is 6.21. The quantitative estimate of drug-likeness (QED) is 0.333. The van der Waals surface area contributed by atoms with Crippen LogP contribution in [0.3, 0.4) is 0 Å². The number of phenolic OH excluding ortho intramolecular Hbond substituents is 1. The summed E-state index contributed by atoms with van der Waals surface area (Å²) in [5, 5.41) is 15.2. The zero-order valence-corrected chi connectivity index (χ0v) is 19.7. The molecule has 4 aromatic rings. The molecular formula is C26H24N2O7. The molecule has 2 aromatic carbocycles. The number of carbonyl (C=O) groups excluding carboxylic acids is 1. The molecule has 0 saturated carbocycles. The van der Waals surface area contributed by atoms with Gasteiger partial charge in [-0.3, -0.25) is 14.3 Å². The topological polar surface area (TPSA) is 113 Å². The summed E-state index contributed by atoms with van der Waals surface area (Å²) in [6.45, 7) is 3.98. The van der Waals surface area contributed by atoms with Gasteiger partial charge >= 0.3 is 5.97 Å². The van der Waals surface area contributed by atoms with Crippen molar-refractivity contribution in [2.45, 2.75) is 32.2 Å². The highest BCUT2D eigenvalue weighted by molar-refractivity contribution is 5.94. The third-order valence-electron chi connectivity index (χ3n) is 6.21. The van der Waals surface area contributed by atoms with Crippen molar-refractivity contribution in [2.24, 2.45) is 0 Å². The number of rotatable bonds is 5. The zero-order valence-electron chi connectivity index (χ0n) is 19.7. The van der Waals surface area contributed by atoms with E-state index in [-0.39, 0.29) is 40.5 Å². The van der Waals surface area contributed by atoms with Gasteiger partial charge in [-0.2, -0.15) is 5.10 Å². The van der Waals surface area contributed by atoms with E-state index in [0.717, 1.165) is 5.69 Å². The summed E-state index contributed by atoms with van der Waals surface area (Å²) in [6, 6.07) is 8.24. The van der Waals surface area contributed by atoms with Crippen LogP contribution in [0, 0.1) is 0 Å². The Hall–Kier alpha value is -4.27. The van der Waals surface area contributed by atoms with Gasteiger partial charge in [0.25, 0.3) is 0 Å². The van der Waals surface area contributed by atoms with Crippen molar-refractivity contribution in [1.82, 2.24) is 9.78 Å². The summed E-state index contributed by atoms with van der Waals surface area (Å²) in [6.07, 6.45) is 3.06. The van der Waals surface area contributed by atoms with Crippen LogP contribution in [-0.2, 0) is 4.79 Å². The number of carbonyl (C=O) groups is 1. The van der Waals surface area contributed by atoms with Crippen LogP contribution in [0.25, 0.3) is 22.1 Å². The molecular weight excluding hydrogens is 452 g/mol. The first-order valence-electron chi connectivity index (χ1n) is 11.1. The van der Waals surface area contributed by atoms with Crippen LogP contribution in [0.2, 0.25) is 0 Å². The van der Waals surface area contributed by atoms with Crippen molar-refractivity contribution in [3.63, 3.8) is 0 Å². The Bertz CT molecular complexity index is 1520. The smallest absolute Gasteiger partial charge is 0.312 e. The highest BCUT2D eigenvalue weighted by atomic mass is 16.5. The van der Waals surface area contributed by atoms with Crippen molar-refractivity contribution in [2.75, 3.05) is 14.2 Å². The zero-order chi connectivity index (χ0) is 24.9. The van der Waals surface area contributed by atoms with Crippen LogP contribution < -0.4 is 19.6 Å². The number of methoxy groups -OCH3 is 2. The van der Waals surface area contributed by atoms with Gasteiger partial charge in [0, 0.05) is 35.5 Å². The lowest BCUT2D eigenvalue weighted by atomic mass is 9.87. The normalized spacial score (nSPS) is 15.2. The van der Waals surface area contributed by atoms with Crippen LogP contribution in [0.5, 0.6) is 23.0 Å². The van der Waals surface area contributed by atoms with Crippen LogP contribution >= 0.6 is 0 Å². The summed E-state index contributed by atoms with van der Waals surface area (Å²) >= 11 is 0. The standard InChI is InChI=1S/C26H24N2O7/c1-13(2)28-17(7-8-27-28)15-10-22(30)35-21-11-18(29)24-25(31)16(12-34-26(24)23(15)21)14-5-6-19(32-3)20(9-14)33-4/h5-9,11-13,15,29H,10H2,1-4H3. The molecule has 1 aliphatic rings. The second-order valence-electron chi connectivity index (χ2n) is 8.59. The first-order chi connectivity index (χ1) is 16.8. The van der Waals surface area contributed by atoms with Crippen LogP contribution in [-0.4, -0.2) is 35.1 Å². The van der Waals surface area contributed by atoms with Gasteiger partial charge in [-0.05, 0) is 37.6 Å². The van der Waals surface area contributed by atoms with E-state index in [1.54, 1.807) is 24.4 Å². The summed E-state index contributed by atoms with van der Waals surface area (Å²) in [5.41, 5.74) is 1.84. The molecule has 0 fully saturated rings. The number of aromatic hydroxyl groups is 1. The first-order valence-corrected chi connectivity index (χ1v) is 11.1. The van der Waals surface area contributed by atoms with Gasteiger partial charge in [-0.25, -0.2) is 0 Å². The molecule has 0 amide bonds.